The molecule has 2 aromatic carbocycles. The molecule has 4 rings (SSSR count). The van der Waals surface area contributed by atoms with E-state index in [1.165, 1.54) is 31.4 Å². The number of ketones is 1. The summed E-state index contributed by atoms with van der Waals surface area (Å²) < 4.78 is 17.5. The molecule has 0 saturated heterocycles. The minimum Gasteiger partial charge on any atom is -0.504 e. The van der Waals surface area contributed by atoms with Crippen molar-refractivity contribution in [1.29, 1.82) is 0 Å². The molecule has 3 N–H and O–H groups in total. The Morgan fingerprint density at radius 3 is 2.54 bits per heavy atom. The van der Waals surface area contributed by atoms with Gasteiger partial charge in [0.1, 0.15) is 17.1 Å². The predicted octanol–water partition coefficient (Wildman–Crippen LogP) is 3.15. The Morgan fingerprint density at radius 1 is 1.14 bits per heavy atom. The summed E-state index contributed by atoms with van der Waals surface area (Å²) in [4.78, 5) is 13.3. The molecule has 0 radical (unpaired) electrons. The molecule has 0 fully saturated rings. The number of rotatable bonds is 5. The second-order valence-corrected chi connectivity index (χ2v) is 5.97. The van der Waals surface area contributed by atoms with Gasteiger partial charge in [-0.05, 0) is 18.2 Å². The molecule has 2 heterocycles. The minimum atomic E-state index is -0.546. The van der Waals surface area contributed by atoms with E-state index in [1.807, 2.05) is 30.3 Å². The summed E-state index contributed by atoms with van der Waals surface area (Å²) in [6.07, 6.45) is 2.78. The molecule has 8 nitrogen and oxygen atoms in total. The van der Waals surface area contributed by atoms with Gasteiger partial charge in [0.25, 0.3) is 0 Å². The quantitative estimate of drug-likeness (QED) is 0.512. The summed E-state index contributed by atoms with van der Waals surface area (Å²) in [5, 5.41) is 15.4. The van der Waals surface area contributed by atoms with E-state index in [4.69, 9.17) is 19.6 Å². The maximum atomic E-state index is 13.3. The maximum Gasteiger partial charge on any atom is 0.206 e. The normalized spacial score (nSPS) is 10.9. The number of para-hydroxylation sites is 1. The zero-order valence-electron chi connectivity index (χ0n) is 15.2. The Balaban J connectivity index is 1.91. The van der Waals surface area contributed by atoms with E-state index in [2.05, 4.69) is 5.10 Å². The SMILES string of the molecule is COc1c(C(=O)c2cnn(-c3ccccc3)c2N)c(O)c(OC)c2occc12. The Morgan fingerprint density at radius 2 is 1.86 bits per heavy atom. The van der Waals surface area contributed by atoms with Crippen LogP contribution in [0.15, 0.2) is 53.3 Å². The molecule has 0 unspecified atom stereocenters. The van der Waals surface area contributed by atoms with Crippen LogP contribution in [0.25, 0.3) is 16.7 Å². The van der Waals surface area contributed by atoms with Gasteiger partial charge in [0.15, 0.2) is 11.3 Å². The largest absolute Gasteiger partial charge is 0.504 e. The summed E-state index contributed by atoms with van der Waals surface area (Å²) in [5.74, 6) is -0.588. The third-order valence-corrected chi connectivity index (χ3v) is 4.48. The third kappa shape index (κ3) is 2.46. The molecule has 0 aliphatic rings. The lowest BCUT2D eigenvalue weighted by atomic mass is 10.00. The number of anilines is 1. The van der Waals surface area contributed by atoms with Gasteiger partial charge in [0.2, 0.25) is 11.5 Å². The second-order valence-electron chi connectivity index (χ2n) is 5.97. The first-order chi connectivity index (χ1) is 13.6. The van der Waals surface area contributed by atoms with Crippen molar-refractivity contribution in [2.75, 3.05) is 20.0 Å². The van der Waals surface area contributed by atoms with Crippen LogP contribution in [0.3, 0.4) is 0 Å². The number of benzene rings is 2. The highest BCUT2D eigenvalue weighted by molar-refractivity contribution is 6.18. The van der Waals surface area contributed by atoms with E-state index >= 15 is 0 Å². The minimum absolute atomic E-state index is 0.0400. The standard InChI is InChI=1S/C20H17N3O5/c1-26-17-12-8-9-28-18(12)19(27-2)16(25)14(17)15(24)13-10-22-23(20(13)21)11-6-4-3-5-7-11/h3-10,25H,21H2,1-2H3. The molecule has 0 atom stereocenters. The van der Waals surface area contributed by atoms with Crippen molar-refractivity contribution in [1.82, 2.24) is 9.78 Å². The monoisotopic (exact) mass is 379 g/mol. The molecule has 2 aromatic heterocycles. The van der Waals surface area contributed by atoms with E-state index in [-0.39, 0.29) is 34.0 Å². The van der Waals surface area contributed by atoms with Crippen LogP contribution in [0, 0.1) is 0 Å². The fourth-order valence-electron chi connectivity index (χ4n) is 3.18. The molecule has 0 aliphatic carbocycles. The van der Waals surface area contributed by atoms with Crippen LogP contribution in [0.2, 0.25) is 0 Å². The van der Waals surface area contributed by atoms with E-state index in [9.17, 15) is 9.90 Å². The number of fused-ring (bicyclic) bond motifs is 1. The lowest BCUT2D eigenvalue weighted by molar-refractivity contribution is 0.103. The van der Waals surface area contributed by atoms with Gasteiger partial charge in [0, 0.05) is 0 Å². The fourth-order valence-corrected chi connectivity index (χ4v) is 3.18. The number of phenolic OH excluding ortho intramolecular Hbond substituents is 1. The maximum absolute atomic E-state index is 13.3. The van der Waals surface area contributed by atoms with Crippen molar-refractivity contribution in [3.63, 3.8) is 0 Å². The molecular weight excluding hydrogens is 362 g/mol. The first-order valence-electron chi connectivity index (χ1n) is 8.36. The lowest BCUT2D eigenvalue weighted by Gasteiger charge is -2.14. The smallest absolute Gasteiger partial charge is 0.206 e. The number of carbonyl (C=O) groups excluding carboxylic acids is 1. The molecule has 0 aliphatic heterocycles. The zero-order chi connectivity index (χ0) is 19.8. The van der Waals surface area contributed by atoms with Crippen molar-refractivity contribution in [3.05, 3.63) is 60.0 Å². The Labute approximate surface area is 159 Å². The molecule has 142 valence electrons. The van der Waals surface area contributed by atoms with Gasteiger partial charge in [0.05, 0.1) is 43.3 Å². The number of aromatic nitrogens is 2. The molecule has 8 heteroatoms. The number of nitrogens with two attached hydrogens (primary N) is 1. The topological polar surface area (TPSA) is 113 Å². The van der Waals surface area contributed by atoms with Gasteiger partial charge >= 0.3 is 0 Å². The molecule has 0 amide bonds. The predicted molar refractivity (Wildman–Crippen MR) is 102 cm³/mol. The van der Waals surface area contributed by atoms with Gasteiger partial charge in [-0.15, -0.1) is 0 Å². The van der Waals surface area contributed by atoms with Crippen LogP contribution in [0.1, 0.15) is 15.9 Å². The zero-order valence-corrected chi connectivity index (χ0v) is 15.2. The van der Waals surface area contributed by atoms with Crippen molar-refractivity contribution in [2.45, 2.75) is 0 Å². The van der Waals surface area contributed by atoms with Gasteiger partial charge in [-0.3, -0.25) is 4.79 Å². The molecule has 4 aromatic rings. The number of furan rings is 1. The molecule has 0 bridgehead atoms. The number of hydrogen-bond donors (Lipinski definition) is 2. The molecule has 0 saturated carbocycles. The van der Waals surface area contributed by atoms with Crippen molar-refractivity contribution >= 4 is 22.6 Å². The third-order valence-electron chi connectivity index (χ3n) is 4.48. The van der Waals surface area contributed by atoms with Gasteiger partial charge in [-0.1, -0.05) is 18.2 Å². The first-order valence-corrected chi connectivity index (χ1v) is 8.36. The lowest BCUT2D eigenvalue weighted by Crippen LogP contribution is -2.09. The van der Waals surface area contributed by atoms with E-state index in [0.29, 0.717) is 11.1 Å². The average Bonchev–Trinajstić information content (AvgIpc) is 3.34. The van der Waals surface area contributed by atoms with Gasteiger partial charge in [-0.2, -0.15) is 5.10 Å². The van der Waals surface area contributed by atoms with Crippen molar-refractivity contribution in [3.8, 4) is 22.9 Å². The van der Waals surface area contributed by atoms with E-state index < -0.39 is 11.5 Å². The van der Waals surface area contributed by atoms with Crippen LogP contribution < -0.4 is 15.2 Å². The molecule has 28 heavy (non-hydrogen) atoms. The fraction of sp³-hybridized carbons (Fsp3) is 0.100. The number of nitrogens with zero attached hydrogens (tertiary/aromatic N) is 2. The molecule has 0 spiro atoms. The Hall–Kier alpha value is -3.94. The number of aromatic hydroxyl groups is 1. The number of hydrogen-bond acceptors (Lipinski definition) is 7. The number of phenols is 1. The van der Waals surface area contributed by atoms with E-state index in [1.54, 1.807) is 6.07 Å². The summed E-state index contributed by atoms with van der Waals surface area (Å²) in [7, 11) is 2.78. The highest BCUT2D eigenvalue weighted by atomic mass is 16.5. The van der Waals surface area contributed by atoms with Crippen molar-refractivity contribution in [2.24, 2.45) is 0 Å². The Bertz CT molecular complexity index is 1180. The van der Waals surface area contributed by atoms with Crippen LogP contribution in [0.4, 0.5) is 5.82 Å². The highest BCUT2D eigenvalue weighted by Crippen LogP contribution is 2.46. The van der Waals surface area contributed by atoms with Crippen LogP contribution in [-0.4, -0.2) is 34.9 Å². The van der Waals surface area contributed by atoms with Crippen LogP contribution >= 0.6 is 0 Å². The summed E-state index contributed by atoms with van der Waals surface area (Å²) >= 11 is 0. The number of ether oxygens (including phenoxy) is 2. The second kappa shape index (κ2) is 6.66. The summed E-state index contributed by atoms with van der Waals surface area (Å²) in [5.41, 5.74) is 7.22. The van der Waals surface area contributed by atoms with Gasteiger partial charge in [-0.25, -0.2) is 4.68 Å². The molecular formula is C20H17N3O5. The number of nitrogen functional groups attached to an aromatic ring is 1. The average molecular weight is 379 g/mol. The highest BCUT2D eigenvalue weighted by Gasteiger charge is 2.30. The van der Waals surface area contributed by atoms with Crippen molar-refractivity contribution < 1.29 is 23.8 Å². The first kappa shape index (κ1) is 17.5. The van der Waals surface area contributed by atoms with E-state index in [0.717, 1.165) is 0 Å². The number of carbonyl (C=O) groups is 1. The van der Waals surface area contributed by atoms with Crippen LogP contribution in [-0.2, 0) is 0 Å². The number of methoxy groups -OCH3 is 2. The summed E-state index contributed by atoms with van der Waals surface area (Å²) in [6, 6.07) is 10.8. The van der Waals surface area contributed by atoms with Crippen LogP contribution in [0.5, 0.6) is 17.2 Å². The Kier molecular flexibility index (Phi) is 4.15. The summed E-state index contributed by atoms with van der Waals surface area (Å²) in [6.45, 7) is 0. The van der Waals surface area contributed by atoms with Gasteiger partial charge < -0.3 is 24.7 Å².